The van der Waals surface area contributed by atoms with Crippen LogP contribution in [0.2, 0.25) is 0 Å². The van der Waals surface area contributed by atoms with Gasteiger partial charge in [-0.3, -0.25) is 14.9 Å². The molecule has 0 aliphatic carbocycles. The fourth-order valence-electron chi connectivity index (χ4n) is 1.73. The summed E-state index contributed by atoms with van der Waals surface area (Å²) in [5.74, 6) is -1.20. The largest absolute Gasteiger partial charge is 0.487 e. The second-order valence-electron chi connectivity index (χ2n) is 4.77. The van der Waals surface area contributed by atoms with Crippen LogP contribution in [0.3, 0.4) is 0 Å². The summed E-state index contributed by atoms with van der Waals surface area (Å²) in [6.07, 6.45) is 0.864. The lowest BCUT2D eigenvalue weighted by molar-refractivity contribution is -0.386. The van der Waals surface area contributed by atoms with Gasteiger partial charge in [-0.15, -0.1) is 0 Å². The number of ether oxygens (including phenoxy) is 1. The summed E-state index contributed by atoms with van der Waals surface area (Å²) in [5.41, 5.74) is 3.99. The van der Waals surface area contributed by atoms with Gasteiger partial charge >= 0.3 is 5.69 Å². The van der Waals surface area contributed by atoms with Gasteiger partial charge in [0.2, 0.25) is 5.91 Å². The zero-order chi connectivity index (χ0) is 16.0. The highest BCUT2D eigenvalue weighted by atomic mass is 19.1. The first kappa shape index (κ1) is 16.8. The quantitative estimate of drug-likeness (QED) is 0.428. The van der Waals surface area contributed by atoms with Crippen molar-refractivity contribution >= 4 is 11.6 Å². The Labute approximate surface area is 121 Å². The number of nitrogens with two attached hydrogens (primary N) is 1. The Balaban J connectivity index is 2.61. The highest BCUT2D eigenvalue weighted by Crippen LogP contribution is 2.27. The molecule has 0 aromatic heterocycles. The van der Waals surface area contributed by atoms with Crippen LogP contribution in [0.1, 0.15) is 19.8 Å². The Hall–Kier alpha value is -2.22. The average Bonchev–Trinajstić information content (AvgIpc) is 2.44. The Kier molecular flexibility index (Phi) is 5.60. The minimum Gasteiger partial charge on any atom is -0.487 e. The third-order valence-corrected chi connectivity index (χ3v) is 3.29. The number of hydrogen-bond donors (Lipinski definition) is 2. The molecule has 1 amide bonds. The molecule has 0 aliphatic rings. The maximum absolute atomic E-state index is 13.0. The van der Waals surface area contributed by atoms with Gasteiger partial charge in [-0.2, -0.15) is 0 Å². The minimum atomic E-state index is -0.863. The Morgan fingerprint density at radius 3 is 2.76 bits per heavy atom. The van der Waals surface area contributed by atoms with E-state index in [1.165, 1.54) is 6.07 Å². The van der Waals surface area contributed by atoms with E-state index in [1.54, 1.807) is 14.0 Å². The SMILES string of the molecule is CNC(C)(CCCOc1ccc(F)cc1[N+](=O)[O-])C(N)=O. The normalized spacial score (nSPS) is 13.5. The third-order valence-electron chi connectivity index (χ3n) is 3.29. The molecule has 1 unspecified atom stereocenters. The van der Waals surface area contributed by atoms with Gasteiger partial charge in [0, 0.05) is 0 Å². The van der Waals surface area contributed by atoms with Crippen LogP contribution in [0.25, 0.3) is 0 Å². The lowest BCUT2D eigenvalue weighted by Crippen LogP contribution is -2.51. The van der Waals surface area contributed by atoms with Gasteiger partial charge in [0.25, 0.3) is 0 Å². The average molecular weight is 299 g/mol. The van der Waals surface area contributed by atoms with Crippen LogP contribution < -0.4 is 15.8 Å². The molecule has 0 saturated heterocycles. The Bertz CT molecular complexity index is 538. The lowest BCUT2D eigenvalue weighted by Gasteiger charge is -2.25. The van der Waals surface area contributed by atoms with Crippen molar-refractivity contribution in [2.24, 2.45) is 5.73 Å². The van der Waals surface area contributed by atoms with Crippen LogP contribution in [-0.2, 0) is 4.79 Å². The Morgan fingerprint density at radius 1 is 1.57 bits per heavy atom. The van der Waals surface area contributed by atoms with E-state index in [4.69, 9.17) is 10.5 Å². The molecule has 8 heteroatoms. The number of nitrogens with one attached hydrogen (secondary N) is 1. The van der Waals surface area contributed by atoms with Gasteiger partial charge in [0.15, 0.2) is 5.75 Å². The van der Waals surface area contributed by atoms with Gasteiger partial charge in [0.05, 0.1) is 23.1 Å². The summed E-state index contributed by atoms with van der Waals surface area (Å²) >= 11 is 0. The van der Waals surface area contributed by atoms with Gasteiger partial charge in [-0.05, 0) is 38.9 Å². The lowest BCUT2D eigenvalue weighted by atomic mass is 9.95. The first-order chi connectivity index (χ1) is 9.80. The van der Waals surface area contributed by atoms with Gasteiger partial charge in [-0.25, -0.2) is 4.39 Å². The fraction of sp³-hybridized carbons (Fsp3) is 0.462. The number of primary amides is 1. The maximum atomic E-state index is 13.0. The molecule has 3 N–H and O–H groups in total. The molecule has 0 heterocycles. The maximum Gasteiger partial charge on any atom is 0.313 e. The summed E-state index contributed by atoms with van der Waals surface area (Å²) in [6, 6.07) is 3.10. The molecule has 1 atom stereocenters. The molecule has 1 aromatic rings. The third kappa shape index (κ3) is 4.38. The van der Waals surface area contributed by atoms with E-state index in [9.17, 15) is 19.3 Å². The summed E-state index contributed by atoms with van der Waals surface area (Å²) < 4.78 is 18.3. The standard InChI is InChI=1S/C13H18FN3O4/c1-13(16-2,12(15)18)6-3-7-21-11-5-4-9(14)8-10(11)17(19)20/h4-5,8,16H,3,6-7H2,1-2H3,(H2,15,18). The van der Waals surface area contributed by atoms with Crippen molar-refractivity contribution in [1.82, 2.24) is 5.32 Å². The van der Waals surface area contributed by atoms with E-state index < -0.39 is 27.9 Å². The summed E-state index contributed by atoms with van der Waals surface area (Å²) in [5, 5.41) is 13.6. The van der Waals surface area contributed by atoms with E-state index in [0.29, 0.717) is 12.8 Å². The van der Waals surface area contributed by atoms with Crippen LogP contribution in [0.5, 0.6) is 5.75 Å². The second-order valence-corrected chi connectivity index (χ2v) is 4.77. The van der Waals surface area contributed by atoms with Crippen LogP contribution in [-0.4, -0.2) is 30.0 Å². The second kappa shape index (κ2) is 6.98. The molecule has 0 bridgehead atoms. The number of halogens is 1. The van der Waals surface area contributed by atoms with Gasteiger partial charge in [0.1, 0.15) is 5.82 Å². The number of hydrogen-bond acceptors (Lipinski definition) is 5. The molecule has 0 aliphatic heterocycles. The first-order valence-electron chi connectivity index (χ1n) is 6.35. The molecule has 21 heavy (non-hydrogen) atoms. The summed E-state index contributed by atoms with van der Waals surface area (Å²) in [4.78, 5) is 21.4. The molecule has 0 radical (unpaired) electrons. The predicted octanol–water partition coefficient (Wildman–Crippen LogP) is 1.36. The van der Waals surface area contributed by atoms with Crippen molar-refractivity contribution in [2.45, 2.75) is 25.3 Å². The first-order valence-corrected chi connectivity index (χ1v) is 6.35. The van der Waals surface area contributed by atoms with E-state index in [2.05, 4.69) is 5.32 Å². The number of nitro groups is 1. The molecule has 116 valence electrons. The van der Waals surface area contributed by atoms with E-state index >= 15 is 0 Å². The van der Waals surface area contributed by atoms with Crippen LogP contribution in [0.15, 0.2) is 18.2 Å². The van der Waals surface area contributed by atoms with Crippen molar-refractivity contribution < 1.29 is 18.8 Å². The highest BCUT2D eigenvalue weighted by Gasteiger charge is 2.28. The number of benzene rings is 1. The van der Waals surface area contributed by atoms with Crippen molar-refractivity contribution in [1.29, 1.82) is 0 Å². The molecule has 0 spiro atoms. The fourth-order valence-corrected chi connectivity index (χ4v) is 1.73. The zero-order valence-corrected chi connectivity index (χ0v) is 11.9. The van der Waals surface area contributed by atoms with Crippen molar-refractivity contribution in [3.05, 3.63) is 34.1 Å². The summed E-state index contributed by atoms with van der Waals surface area (Å²) in [7, 11) is 1.62. The van der Waals surface area contributed by atoms with Crippen LogP contribution in [0, 0.1) is 15.9 Å². The van der Waals surface area contributed by atoms with Crippen molar-refractivity contribution in [2.75, 3.05) is 13.7 Å². The molecule has 1 aromatic carbocycles. The minimum absolute atomic E-state index is 0.00774. The van der Waals surface area contributed by atoms with E-state index in [0.717, 1.165) is 12.1 Å². The van der Waals surface area contributed by atoms with Crippen molar-refractivity contribution in [3.8, 4) is 5.75 Å². The molecule has 0 saturated carbocycles. The number of carbonyl (C=O) groups is 1. The van der Waals surface area contributed by atoms with Crippen LogP contribution in [0.4, 0.5) is 10.1 Å². The molecule has 0 fully saturated rings. The number of amides is 1. The summed E-state index contributed by atoms with van der Waals surface area (Å²) in [6.45, 7) is 1.81. The van der Waals surface area contributed by atoms with Crippen LogP contribution >= 0.6 is 0 Å². The number of nitrogens with zero attached hydrogens (tertiary/aromatic N) is 1. The van der Waals surface area contributed by atoms with E-state index in [1.807, 2.05) is 0 Å². The van der Waals surface area contributed by atoms with Crippen molar-refractivity contribution in [3.63, 3.8) is 0 Å². The molecule has 1 rings (SSSR count). The molecule has 7 nitrogen and oxygen atoms in total. The Morgan fingerprint density at radius 2 is 2.24 bits per heavy atom. The predicted molar refractivity (Wildman–Crippen MR) is 74.4 cm³/mol. The molecular weight excluding hydrogens is 281 g/mol. The van der Waals surface area contributed by atoms with Gasteiger partial charge < -0.3 is 15.8 Å². The highest BCUT2D eigenvalue weighted by molar-refractivity contribution is 5.84. The number of carbonyl (C=O) groups excluding carboxylic acids is 1. The smallest absolute Gasteiger partial charge is 0.313 e. The monoisotopic (exact) mass is 299 g/mol. The number of rotatable bonds is 8. The molecular formula is C13H18FN3O4. The number of nitro benzene ring substituents is 1. The number of likely N-dealkylation sites (N-methyl/N-ethyl adjacent to an activating group) is 1. The van der Waals surface area contributed by atoms with E-state index in [-0.39, 0.29) is 12.4 Å². The van der Waals surface area contributed by atoms with Gasteiger partial charge in [-0.1, -0.05) is 0 Å². The zero-order valence-electron chi connectivity index (χ0n) is 11.9. The topological polar surface area (TPSA) is 107 Å².